The second-order valence-corrected chi connectivity index (χ2v) is 7.80. The van der Waals surface area contributed by atoms with Crippen LogP contribution in [-0.2, 0) is 9.53 Å². The number of halogens is 2. The summed E-state index contributed by atoms with van der Waals surface area (Å²) in [4.78, 5) is 10.4. The minimum Gasteiger partial charge on any atom is -0.545 e. The number of carbonyl (C=O) groups excluding carboxylic acids is 1. The van der Waals surface area contributed by atoms with Gasteiger partial charge < -0.3 is 24.9 Å². The van der Waals surface area contributed by atoms with Crippen LogP contribution in [0.1, 0.15) is 58.3 Å². The third-order valence-corrected chi connectivity index (χ3v) is 5.88. The molecule has 156 valence electrons. The number of allylic oxidation sites excluding steroid dienone is 1. The van der Waals surface area contributed by atoms with E-state index in [1.807, 2.05) is 6.92 Å². The minimum absolute atomic E-state index is 0. The van der Waals surface area contributed by atoms with Gasteiger partial charge in [-0.1, -0.05) is 25.8 Å². The standard InChI is InChI=1S/C20H32F2O5.Na/c1-2-3-6-13(21)14(23)10-9-12-15(24)11-17-19(12)20(22)16(27-17)7-4-5-8-18(25)26;/h5,8,12-17,19-20,23-24H,2-4,6-7,9-11H2,1H3,(H,25,26);/q;+1/p-1/t12-,13-,14?,15+,16?,17+,19+,20+;/m0./s1. The van der Waals surface area contributed by atoms with Crippen molar-refractivity contribution in [3.63, 3.8) is 0 Å². The van der Waals surface area contributed by atoms with E-state index in [1.165, 1.54) is 6.08 Å². The van der Waals surface area contributed by atoms with E-state index in [9.17, 15) is 28.9 Å². The number of carbonyl (C=O) groups is 1. The molecule has 0 amide bonds. The van der Waals surface area contributed by atoms with Gasteiger partial charge in [-0.3, -0.25) is 0 Å². The number of carboxylic acid groups (broad SMARTS) is 1. The molecule has 8 heteroatoms. The van der Waals surface area contributed by atoms with Crippen molar-refractivity contribution in [1.29, 1.82) is 0 Å². The van der Waals surface area contributed by atoms with Gasteiger partial charge in [-0.2, -0.15) is 0 Å². The molecule has 5 nitrogen and oxygen atoms in total. The monoisotopic (exact) mass is 412 g/mol. The topological polar surface area (TPSA) is 89.8 Å². The van der Waals surface area contributed by atoms with Crippen molar-refractivity contribution >= 4 is 5.97 Å². The molecule has 0 aromatic carbocycles. The first-order chi connectivity index (χ1) is 12.8. The molecule has 1 aliphatic carbocycles. The van der Waals surface area contributed by atoms with Gasteiger partial charge in [0.2, 0.25) is 0 Å². The van der Waals surface area contributed by atoms with Crippen molar-refractivity contribution < 1.29 is 63.2 Å². The molecule has 2 rings (SSSR count). The van der Waals surface area contributed by atoms with Gasteiger partial charge in [0.1, 0.15) is 12.3 Å². The molecule has 1 aliphatic heterocycles. The fourth-order valence-electron chi connectivity index (χ4n) is 4.42. The number of hydrogen-bond donors (Lipinski definition) is 2. The normalized spacial score (nSPS) is 34.2. The average molecular weight is 412 g/mol. The first-order valence-electron chi connectivity index (χ1n) is 10.0. The third kappa shape index (κ3) is 7.03. The van der Waals surface area contributed by atoms with Gasteiger partial charge in [0.05, 0.1) is 30.4 Å². The van der Waals surface area contributed by atoms with Crippen molar-refractivity contribution in [2.24, 2.45) is 11.8 Å². The van der Waals surface area contributed by atoms with E-state index in [1.54, 1.807) is 0 Å². The Morgan fingerprint density at radius 3 is 2.71 bits per heavy atom. The summed E-state index contributed by atoms with van der Waals surface area (Å²) in [6.07, 6.45) is 0.474. The SMILES string of the molecule is CCCC[C@H](F)C(O)CC[C@@H]1[C@H]2[C@H](F)C(CCC=CC(=O)[O-])O[C@@H]2C[C@H]1O.[Na+]. The van der Waals surface area contributed by atoms with Crippen LogP contribution in [0, 0.1) is 11.8 Å². The summed E-state index contributed by atoms with van der Waals surface area (Å²) in [5.74, 6) is -2.11. The molecule has 1 heterocycles. The number of rotatable bonds is 11. The first-order valence-corrected chi connectivity index (χ1v) is 10.0. The zero-order chi connectivity index (χ0) is 20.0. The molecule has 28 heavy (non-hydrogen) atoms. The molecule has 0 aromatic heterocycles. The van der Waals surface area contributed by atoms with Crippen molar-refractivity contribution in [2.75, 3.05) is 0 Å². The molecule has 1 saturated carbocycles. The van der Waals surface area contributed by atoms with Crippen LogP contribution in [-0.4, -0.2) is 52.9 Å². The van der Waals surface area contributed by atoms with Crippen LogP contribution in [0.5, 0.6) is 0 Å². The Morgan fingerprint density at radius 2 is 2.07 bits per heavy atom. The average Bonchev–Trinajstić information content (AvgIpc) is 3.09. The Morgan fingerprint density at radius 1 is 1.36 bits per heavy atom. The molecule has 0 aromatic rings. The Hall–Kier alpha value is -0.0500. The molecule has 2 aliphatic rings. The summed E-state index contributed by atoms with van der Waals surface area (Å²) in [7, 11) is 0. The summed E-state index contributed by atoms with van der Waals surface area (Å²) in [5.41, 5.74) is 0. The molecular formula is C20H31F2NaO5. The van der Waals surface area contributed by atoms with Crippen LogP contribution in [0.25, 0.3) is 0 Å². The van der Waals surface area contributed by atoms with Gasteiger partial charge in [-0.25, -0.2) is 8.78 Å². The Bertz CT molecular complexity index is 507. The van der Waals surface area contributed by atoms with E-state index < -0.39 is 42.5 Å². The van der Waals surface area contributed by atoms with Gasteiger partial charge in [0.15, 0.2) is 0 Å². The molecule has 0 spiro atoms. The van der Waals surface area contributed by atoms with Crippen LogP contribution in [0.3, 0.4) is 0 Å². The molecule has 8 atom stereocenters. The molecule has 2 unspecified atom stereocenters. The van der Waals surface area contributed by atoms with Crippen molar-refractivity contribution in [2.45, 2.75) is 95.0 Å². The summed E-state index contributed by atoms with van der Waals surface area (Å²) in [6, 6.07) is 0. The molecule has 0 radical (unpaired) electrons. The number of aliphatic hydroxyl groups is 2. The predicted octanol–water partition coefficient (Wildman–Crippen LogP) is -1.15. The number of alkyl halides is 2. The fourth-order valence-corrected chi connectivity index (χ4v) is 4.42. The van der Waals surface area contributed by atoms with E-state index in [0.29, 0.717) is 38.5 Å². The van der Waals surface area contributed by atoms with Gasteiger partial charge in [-0.15, -0.1) is 0 Å². The first kappa shape index (κ1) is 26.0. The van der Waals surface area contributed by atoms with E-state index in [-0.39, 0.29) is 48.0 Å². The largest absolute Gasteiger partial charge is 1.00 e. The van der Waals surface area contributed by atoms with Crippen molar-refractivity contribution in [3.8, 4) is 0 Å². The summed E-state index contributed by atoms with van der Waals surface area (Å²) in [6.45, 7) is 1.96. The maximum Gasteiger partial charge on any atom is 1.00 e. The number of ether oxygens (including phenoxy) is 1. The fraction of sp³-hybridized carbons (Fsp3) is 0.850. The second-order valence-electron chi connectivity index (χ2n) is 7.80. The quantitative estimate of drug-likeness (QED) is 0.330. The molecule has 2 N–H and O–H groups in total. The van der Waals surface area contributed by atoms with E-state index in [4.69, 9.17) is 4.74 Å². The van der Waals surface area contributed by atoms with Crippen LogP contribution in [0.4, 0.5) is 8.78 Å². The number of aliphatic carboxylic acids is 1. The Kier molecular flexibility index (Phi) is 11.7. The Balaban J connectivity index is 0.00000392. The summed E-state index contributed by atoms with van der Waals surface area (Å²) < 4.78 is 34.5. The van der Waals surface area contributed by atoms with Crippen LogP contribution < -0.4 is 34.7 Å². The predicted molar refractivity (Wildman–Crippen MR) is 94.2 cm³/mol. The molecule has 0 bridgehead atoms. The van der Waals surface area contributed by atoms with Gasteiger partial charge in [0, 0.05) is 12.3 Å². The van der Waals surface area contributed by atoms with Gasteiger partial charge in [-0.05, 0) is 44.1 Å². The maximum atomic E-state index is 14.9. The van der Waals surface area contributed by atoms with E-state index in [2.05, 4.69) is 0 Å². The number of carboxylic acids is 1. The van der Waals surface area contributed by atoms with Crippen LogP contribution in [0.2, 0.25) is 0 Å². The minimum atomic E-state index is -1.29. The molecule has 1 saturated heterocycles. The molecule has 2 fully saturated rings. The van der Waals surface area contributed by atoms with Gasteiger partial charge >= 0.3 is 29.6 Å². The second kappa shape index (κ2) is 12.6. The van der Waals surface area contributed by atoms with Gasteiger partial charge in [0.25, 0.3) is 0 Å². The zero-order valence-electron chi connectivity index (χ0n) is 16.8. The number of hydrogen-bond acceptors (Lipinski definition) is 5. The smallest absolute Gasteiger partial charge is 0.545 e. The van der Waals surface area contributed by atoms with E-state index >= 15 is 0 Å². The number of unbranched alkanes of at least 4 members (excludes halogenated alkanes) is 1. The zero-order valence-corrected chi connectivity index (χ0v) is 18.8. The van der Waals surface area contributed by atoms with Crippen LogP contribution >= 0.6 is 0 Å². The van der Waals surface area contributed by atoms with Crippen LogP contribution in [0.15, 0.2) is 12.2 Å². The van der Waals surface area contributed by atoms with Crippen molar-refractivity contribution in [1.82, 2.24) is 0 Å². The number of aliphatic hydroxyl groups excluding tert-OH is 2. The van der Waals surface area contributed by atoms with E-state index in [0.717, 1.165) is 12.5 Å². The summed E-state index contributed by atoms with van der Waals surface area (Å²) >= 11 is 0. The summed E-state index contributed by atoms with van der Waals surface area (Å²) in [5, 5.41) is 30.6. The maximum absolute atomic E-state index is 14.9. The number of fused-ring (bicyclic) bond motifs is 1. The van der Waals surface area contributed by atoms with Crippen molar-refractivity contribution in [3.05, 3.63) is 12.2 Å². The third-order valence-electron chi connectivity index (χ3n) is 5.88. The Labute approximate surface area is 187 Å². The molecular weight excluding hydrogens is 381 g/mol.